The molecule has 0 unspecified atom stereocenters. The molecule has 2 N–H and O–H groups in total. The van der Waals surface area contributed by atoms with E-state index in [1.165, 1.54) is 17.8 Å². The molecule has 6 heteroatoms. The second kappa shape index (κ2) is 8.74. The predicted molar refractivity (Wildman–Crippen MR) is 94.4 cm³/mol. The Morgan fingerprint density at radius 3 is 2.78 bits per heavy atom. The summed E-state index contributed by atoms with van der Waals surface area (Å²) in [7, 11) is 0. The van der Waals surface area contributed by atoms with Gasteiger partial charge >= 0.3 is 0 Å². The van der Waals surface area contributed by atoms with Crippen molar-refractivity contribution in [3.8, 4) is 0 Å². The smallest absolute Gasteiger partial charge is 0.262 e. The molecule has 0 saturated carbocycles. The molecule has 0 saturated heterocycles. The third kappa shape index (κ3) is 5.11. The number of hydrogen-bond acceptors (Lipinski definition) is 4. The van der Waals surface area contributed by atoms with Gasteiger partial charge in [0, 0.05) is 17.5 Å². The molecule has 1 aromatic carbocycles. The van der Waals surface area contributed by atoms with E-state index in [4.69, 9.17) is 0 Å². The number of nitrogens with zero attached hydrogens (tertiary/aromatic N) is 1. The number of para-hydroxylation sites is 1. The Hall–Kier alpha value is -1.79. The van der Waals surface area contributed by atoms with Crippen LogP contribution in [0.5, 0.6) is 0 Å². The first-order valence-electron chi connectivity index (χ1n) is 7.94. The van der Waals surface area contributed by atoms with Gasteiger partial charge in [0.1, 0.15) is 0 Å². The van der Waals surface area contributed by atoms with Crippen LogP contribution in [-0.2, 0) is 9.59 Å². The zero-order valence-electron chi connectivity index (χ0n) is 13.6. The van der Waals surface area contributed by atoms with Crippen molar-refractivity contribution in [2.75, 3.05) is 31.5 Å². The molecule has 0 radical (unpaired) electrons. The largest absolute Gasteiger partial charge is 0.352 e. The van der Waals surface area contributed by atoms with Gasteiger partial charge in [0.15, 0.2) is 0 Å². The van der Waals surface area contributed by atoms with Crippen LogP contribution < -0.4 is 10.6 Å². The van der Waals surface area contributed by atoms with Crippen molar-refractivity contribution in [2.45, 2.75) is 25.2 Å². The summed E-state index contributed by atoms with van der Waals surface area (Å²) >= 11 is 1.32. The van der Waals surface area contributed by atoms with Crippen LogP contribution >= 0.6 is 11.8 Å². The molecule has 5 nitrogen and oxygen atoms in total. The molecule has 2 amide bonds. The summed E-state index contributed by atoms with van der Waals surface area (Å²) in [6, 6.07) is 7.56. The van der Waals surface area contributed by atoms with Crippen molar-refractivity contribution in [3.05, 3.63) is 35.2 Å². The van der Waals surface area contributed by atoms with Crippen molar-refractivity contribution in [2.24, 2.45) is 0 Å². The van der Waals surface area contributed by atoms with Gasteiger partial charge in [-0.15, -0.1) is 0 Å². The number of nitrogens with one attached hydrogen (secondary N) is 2. The number of fused-ring (bicyclic) bond motifs is 1. The Morgan fingerprint density at radius 1 is 1.30 bits per heavy atom. The fourth-order valence-electron chi connectivity index (χ4n) is 2.33. The first kappa shape index (κ1) is 17.6. The highest BCUT2D eigenvalue weighted by molar-refractivity contribution is 8.04. The van der Waals surface area contributed by atoms with Crippen LogP contribution in [0.25, 0.3) is 0 Å². The van der Waals surface area contributed by atoms with Gasteiger partial charge in [-0.1, -0.05) is 37.7 Å². The first-order valence-corrected chi connectivity index (χ1v) is 8.75. The van der Waals surface area contributed by atoms with Crippen molar-refractivity contribution in [1.82, 2.24) is 10.2 Å². The minimum absolute atomic E-state index is 0.221. The normalized spacial score (nSPS) is 15.4. The molecular formula is C17H23N3O2S. The lowest BCUT2D eigenvalue weighted by Crippen LogP contribution is -2.29. The zero-order valence-corrected chi connectivity index (χ0v) is 14.4. The number of thioether (sulfide) groups is 1. The van der Waals surface area contributed by atoms with Gasteiger partial charge in [-0.3, -0.25) is 9.59 Å². The highest BCUT2D eigenvalue weighted by Crippen LogP contribution is 2.37. The molecule has 1 aliphatic rings. The van der Waals surface area contributed by atoms with Gasteiger partial charge in [-0.05, 0) is 38.2 Å². The van der Waals surface area contributed by atoms with Gasteiger partial charge in [-0.2, -0.15) is 0 Å². The Bertz CT molecular complexity index is 597. The van der Waals surface area contributed by atoms with Crippen molar-refractivity contribution < 1.29 is 9.59 Å². The minimum atomic E-state index is -0.230. The molecule has 0 spiro atoms. The van der Waals surface area contributed by atoms with Crippen molar-refractivity contribution in [1.29, 1.82) is 0 Å². The number of benzene rings is 1. The Kier molecular flexibility index (Phi) is 6.67. The molecule has 1 heterocycles. The quantitative estimate of drug-likeness (QED) is 0.594. The molecule has 0 fully saturated rings. The molecule has 23 heavy (non-hydrogen) atoms. The maximum atomic E-state index is 12.0. The molecular weight excluding hydrogens is 310 g/mol. The molecule has 124 valence electrons. The predicted octanol–water partition coefficient (Wildman–Crippen LogP) is 2.46. The third-order valence-corrected chi connectivity index (χ3v) is 4.79. The molecule has 1 aromatic rings. The van der Waals surface area contributed by atoms with E-state index in [0.717, 1.165) is 36.6 Å². The minimum Gasteiger partial charge on any atom is -0.352 e. The molecule has 0 atom stereocenters. The van der Waals surface area contributed by atoms with Crippen molar-refractivity contribution in [3.63, 3.8) is 0 Å². The zero-order chi connectivity index (χ0) is 16.7. The lowest BCUT2D eigenvalue weighted by atomic mass is 10.3. The standard InChI is InChI=1S/C17H23N3O2S/c1-3-20(4-2)11-7-10-18-16(21)12-15-17(22)19-13-8-5-6-9-14(13)23-15/h5-6,8-9,12H,3-4,7,10-11H2,1-2H3,(H,18,21)(H,19,22)/b15-12-. The average molecular weight is 333 g/mol. The lowest BCUT2D eigenvalue weighted by Gasteiger charge is -2.18. The number of carbonyl (C=O) groups excluding carboxylic acids is 2. The summed E-state index contributed by atoms with van der Waals surface area (Å²) in [5.41, 5.74) is 0.791. The molecule has 0 bridgehead atoms. The number of hydrogen-bond donors (Lipinski definition) is 2. The van der Waals surface area contributed by atoms with Crippen LogP contribution in [0.1, 0.15) is 20.3 Å². The van der Waals surface area contributed by atoms with Crippen LogP contribution in [0.2, 0.25) is 0 Å². The summed E-state index contributed by atoms with van der Waals surface area (Å²) in [6.45, 7) is 7.87. The Balaban J connectivity index is 1.84. The molecule has 0 aliphatic carbocycles. The summed E-state index contributed by atoms with van der Waals surface area (Å²) in [5.74, 6) is -0.450. The van der Waals surface area contributed by atoms with E-state index in [2.05, 4.69) is 29.4 Å². The van der Waals surface area contributed by atoms with E-state index in [1.807, 2.05) is 24.3 Å². The summed E-state index contributed by atoms with van der Waals surface area (Å²) in [6.07, 6.45) is 2.28. The van der Waals surface area contributed by atoms with E-state index in [-0.39, 0.29) is 11.8 Å². The SMILES string of the molecule is CCN(CC)CCCNC(=O)/C=C1\Sc2ccccc2NC1=O. The third-order valence-electron chi connectivity index (χ3n) is 3.69. The summed E-state index contributed by atoms with van der Waals surface area (Å²) < 4.78 is 0. The van der Waals surface area contributed by atoms with E-state index in [0.29, 0.717) is 11.4 Å². The van der Waals surface area contributed by atoms with Crippen LogP contribution in [0.4, 0.5) is 5.69 Å². The number of amides is 2. The molecule has 0 aromatic heterocycles. The second-order valence-corrected chi connectivity index (χ2v) is 6.32. The number of carbonyl (C=O) groups is 2. The fraction of sp³-hybridized carbons (Fsp3) is 0.412. The van der Waals surface area contributed by atoms with E-state index >= 15 is 0 Å². The van der Waals surface area contributed by atoms with E-state index in [9.17, 15) is 9.59 Å². The van der Waals surface area contributed by atoms with Crippen molar-refractivity contribution >= 4 is 29.3 Å². The van der Waals surface area contributed by atoms with Crippen LogP contribution in [0.15, 0.2) is 40.1 Å². The highest BCUT2D eigenvalue weighted by Gasteiger charge is 2.21. The molecule has 2 rings (SSSR count). The van der Waals surface area contributed by atoms with Crippen LogP contribution in [0, 0.1) is 0 Å². The monoisotopic (exact) mass is 333 g/mol. The van der Waals surface area contributed by atoms with E-state index < -0.39 is 0 Å². The average Bonchev–Trinajstić information content (AvgIpc) is 2.55. The first-order chi connectivity index (χ1) is 11.1. The number of anilines is 1. The highest BCUT2D eigenvalue weighted by atomic mass is 32.2. The summed E-state index contributed by atoms with van der Waals surface area (Å²) in [4.78, 5) is 27.6. The van der Waals surface area contributed by atoms with Gasteiger partial charge in [0.25, 0.3) is 5.91 Å². The summed E-state index contributed by atoms with van der Waals surface area (Å²) in [5, 5.41) is 5.64. The van der Waals surface area contributed by atoms with Gasteiger partial charge in [0.2, 0.25) is 5.91 Å². The Morgan fingerprint density at radius 2 is 2.04 bits per heavy atom. The maximum absolute atomic E-state index is 12.0. The maximum Gasteiger partial charge on any atom is 0.262 e. The topological polar surface area (TPSA) is 61.4 Å². The Labute approximate surface area is 141 Å². The van der Waals surface area contributed by atoms with Gasteiger partial charge < -0.3 is 15.5 Å². The lowest BCUT2D eigenvalue weighted by molar-refractivity contribution is -0.117. The second-order valence-electron chi connectivity index (χ2n) is 5.23. The molecule has 1 aliphatic heterocycles. The fourth-order valence-corrected chi connectivity index (χ4v) is 3.25. The van der Waals surface area contributed by atoms with Gasteiger partial charge in [0.05, 0.1) is 10.6 Å². The van der Waals surface area contributed by atoms with Crippen LogP contribution in [0.3, 0.4) is 0 Å². The van der Waals surface area contributed by atoms with Gasteiger partial charge in [-0.25, -0.2) is 0 Å². The van der Waals surface area contributed by atoms with E-state index in [1.54, 1.807) is 0 Å². The number of rotatable bonds is 7. The van der Waals surface area contributed by atoms with Crippen LogP contribution in [-0.4, -0.2) is 42.9 Å².